The molecule has 4 heterocycles. The van der Waals surface area contributed by atoms with Gasteiger partial charge >= 0.3 is 23.5 Å². The van der Waals surface area contributed by atoms with Gasteiger partial charge in [-0.3, -0.25) is 27.7 Å². The first-order valence-electron chi connectivity index (χ1n) is 16.6. The predicted molar refractivity (Wildman–Crippen MR) is 190 cm³/mol. The molecule has 2 fully saturated rings. The van der Waals surface area contributed by atoms with Gasteiger partial charge in [-0.05, 0) is 0 Å². The summed E-state index contributed by atoms with van der Waals surface area (Å²) in [4.78, 5) is 75.6. The summed E-state index contributed by atoms with van der Waals surface area (Å²) in [6.07, 6.45) is -10.5. The van der Waals surface area contributed by atoms with Crippen LogP contribution in [0, 0.1) is 5.41 Å². The first-order chi connectivity index (χ1) is 26.4. The lowest BCUT2D eigenvalue weighted by Crippen LogP contribution is -2.46. The Morgan fingerprint density at radius 1 is 0.982 bits per heavy atom. The van der Waals surface area contributed by atoms with Gasteiger partial charge in [0.1, 0.15) is 60.0 Å². The number of carbonyl (C=O) groups is 2. The van der Waals surface area contributed by atoms with Gasteiger partial charge in [-0.15, -0.1) is 11.8 Å². The number of aliphatic hydroxyl groups excluding tert-OH is 5. The lowest BCUT2D eigenvalue weighted by atomic mass is 9.87. The van der Waals surface area contributed by atoms with E-state index in [1.807, 2.05) is 0 Å². The third-order valence-electron chi connectivity index (χ3n) is 8.28. The van der Waals surface area contributed by atoms with Crippen LogP contribution in [0.1, 0.15) is 26.5 Å². The van der Waals surface area contributed by atoms with Crippen molar-refractivity contribution < 1.29 is 95.7 Å². The van der Waals surface area contributed by atoms with E-state index < -0.39 is 115 Å². The van der Waals surface area contributed by atoms with Crippen molar-refractivity contribution in [3.8, 4) is 0 Å². The third kappa shape index (κ3) is 12.9. The summed E-state index contributed by atoms with van der Waals surface area (Å²) < 4.78 is 67.4. The van der Waals surface area contributed by atoms with Crippen LogP contribution in [0.25, 0.3) is 11.2 Å². The highest BCUT2D eigenvalue weighted by molar-refractivity contribution is 7.99. The van der Waals surface area contributed by atoms with Crippen LogP contribution in [-0.2, 0) is 50.6 Å². The van der Waals surface area contributed by atoms with Gasteiger partial charge in [0.2, 0.25) is 11.8 Å². The number of nitrogens with two attached hydrogens (primary N) is 1. The van der Waals surface area contributed by atoms with Gasteiger partial charge in [0, 0.05) is 30.7 Å². The second kappa shape index (κ2) is 19.4. The number of imidazole rings is 1. The van der Waals surface area contributed by atoms with Gasteiger partial charge in [-0.2, -0.15) is 4.31 Å². The van der Waals surface area contributed by atoms with Gasteiger partial charge in [0.15, 0.2) is 17.7 Å². The second-order valence-corrected chi connectivity index (χ2v) is 18.6. The standard InChI is InChI=1S/C26H44N7O20P3S/c1-26(2,20(39)23(40)29-4-3-14(35)28-5-6-57-25-17(37)16(36)12(7-34)51-25)9-49-56(46,47)53-55(44,45)48-8-13-19(52-54(41,42)43)18(38)24(50-13)33-11-32-15-21(27)30-10-31-22(15)33/h10-13,16-20,24-25,34,36-39H,3-9H2,1-2H3,(H,28,35)(H,29,40)(H,44,45)(H,46,47)(H2,27,30,31)(H2,41,42,43)/t12-,13-,16-,17-,18-,19-,20+,24-,25?/m1/s1. The molecule has 2 aromatic heterocycles. The number of aromatic nitrogens is 4. The average molecular weight is 900 g/mol. The van der Waals surface area contributed by atoms with Crippen LogP contribution in [0.5, 0.6) is 0 Å². The SMILES string of the molecule is CC(C)(COP(=O)(O)OP(=O)(O)OC[C@H]1O[C@@H](n2cnc3c(N)ncnc32)[C@H](O)[C@@H]1OP(=O)(O)O)[C@@H](O)C(=O)NCCC(=O)NCCSC1O[C@H](CO)[C@@H](O)[C@H]1O. The molecule has 0 saturated carbocycles. The Kier molecular flexibility index (Phi) is 16.1. The molecule has 324 valence electrons. The van der Waals surface area contributed by atoms with Gasteiger partial charge in [0.05, 0.1) is 26.1 Å². The zero-order valence-electron chi connectivity index (χ0n) is 29.9. The number of anilines is 1. The topological polar surface area (TPSA) is 416 Å². The first kappa shape index (κ1) is 47.4. The molecule has 2 saturated heterocycles. The van der Waals surface area contributed by atoms with Crippen molar-refractivity contribution in [3.63, 3.8) is 0 Å². The molecule has 4 rings (SSSR count). The van der Waals surface area contributed by atoms with E-state index in [1.54, 1.807) is 0 Å². The highest BCUT2D eigenvalue weighted by Crippen LogP contribution is 2.61. The van der Waals surface area contributed by atoms with Crippen LogP contribution in [0.4, 0.5) is 5.82 Å². The first-order valence-corrected chi connectivity index (χ1v) is 22.2. The second-order valence-electron chi connectivity index (χ2n) is 13.1. The molecule has 27 nitrogen and oxygen atoms in total. The number of phosphoric acid groups is 3. The van der Waals surface area contributed by atoms with Crippen LogP contribution in [-0.4, -0.2) is 163 Å². The number of aliphatic hydroxyl groups is 5. The monoisotopic (exact) mass is 899 g/mol. The normalized spacial score (nSPS) is 28.2. The Balaban J connectivity index is 1.22. The fourth-order valence-corrected chi connectivity index (χ4v) is 9.17. The number of hydrogen-bond acceptors (Lipinski definition) is 21. The molecule has 0 bridgehead atoms. The summed E-state index contributed by atoms with van der Waals surface area (Å²) in [6.45, 7) is -0.179. The quantitative estimate of drug-likeness (QED) is 0.0429. The average Bonchev–Trinajstić information content (AvgIpc) is 3.77. The Bertz CT molecular complexity index is 1860. The minimum atomic E-state index is -5.59. The van der Waals surface area contributed by atoms with Crippen LogP contribution in [0.3, 0.4) is 0 Å². The summed E-state index contributed by atoms with van der Waals surface area (Å²) in [5.41, 5.74) is 3.40. The maximum atomic E-state index is 12.7. The molecule has 2 aliphatic rings. The van der Waals surface area contributed by atoms with E-state index >= 15 is 0 Å². The predicted octanol–water partition coefficient (Wildman–Crippen LogP) is -3.42. The molecule has 3 unspecified atom stereocenters. The fraction of sp³-hybridized carbons (Fsp3) is 0.731. The van der Waals surface area contributed by atoms with Crippen LogP contribution >= 0.6 is 35.2 Å². The van der Waals surface area contributed by atoms with Crippen LogP contribution < -0.4 is 16.4 Å². The molecule has 0 aliphatic carbocycles. The highest BCUT2D eigenvalue weighted by Gasteiger charge is 2.50. The molecule has 2 aromatic rings. The van der Waals surface area contributed by atoms with Crippen molar-refractivity contribution in [2.24, 2.45) is 5.41 Å². The molecule has 57 heavy (non-hydrogen) atoms. The van der Waals surface area contributed by atoms with Gasteiger partial charge in [0.25, 0.3) is 0 Å². The molecule has 31 heteroatoms. The Morgan fingerprint density at radius 3 is 2.32 bits per heavy atom. The number of thioether (sulfide) groups is 1. The summed E-state index contributed by atoms with van der Waals surface area (Å²) in [5, 5.41) is 55.2. The smallest absolute Gasteiger partial charge is 0.394 e. The fourth-order valence-electron chi connectivity index (χ4n) is 5.31. The van der Waals surface area contributed by atoms with Gasteiger partial charge < -0.3 is 70.9 Å². The lowest BCUT2D eigenvalue weighted by molar-refractivity contribution is -0.137. The van der Waals surface area contributed by atoms with Crippen LogP contribution in [0.2, 0.25) is 0 Å². The largest absolute Gasteiger partial charge is 0.481 e. The molecule has 2 amide bonds. The summed E-state index contributed by atoms with van der Waals surface area (Å²) in [5.74, 6) is -1.27. The molecule has 0 radical (unpaired) electrons. The number of nitrogen functional groups attached to an aromatic ring is 1. The number of nitrogens with zero attached hydrogens (tertiary/aromatic N) is 4. The zero-order chi connectivity index (χ0) is 42.5. The Hall–Kier alpha value is -2.27. The minimum absolute atomic E-state index is 0.0216. The third-order valence-corrected chi connectivity index (χ3v) is 12.5. The van der Waals surface area contributed by atoms with Crippen molar-refractivity contribution in [2.45, 2.75) is 74.7 Å². The van der Waals surface area contributed by atoms with E-state index in [0.29, 0.717) is 0 Å². The highest BCUT2D eigenvalue weighted by atomic mass is 32.2. The number of hydrogen-bond donors (Lipinski definition) is 12. The number of phosphoric ester groups is 3. The summed E-state index contributed by atoms with van der Waals surface area (Å²) in [6, 6.07) is 0. The zero-order valence-corrected chi connectivity index (χ0v) is 33.4. The molecule has 2 aliphatic heterocycles. The number of rotatable bonds is 21. The summed E-state index contributed by atoms with van der Waals surface area (Å²) in [7, 11) is -16.4. The van der Waals surface area contributed by atoms with Gasteiger partial charge in [-0.25, -0.2) is 28.6 Å². The van der Waals surface area contributed by atoms with Gasteiger partial charge in [-0.1, -0.05) is 13.8 Å². The molecule has 0 spiro atoms. The number of ether oxygens (including phenoxy) is 2. The molecule has 11 atom stereocenters. The maximum Gasteiger partial charge on any atom is 0.481 e. The van der Waals surface area contributed by atoms with E-state index in [-0.39, 0.29) is 42.2 Å². The van der Waals surface area contributed by atoms with Crippen molar-refractivity contribution >= 4 is 64.0 Å². The van der Waals surface area contributed by atoms with E-state index in [1.165, 1.54) is 13.8 Å². The van der Waals surface area contributed by atoms with Crippen molar-refractivity contribution in [1.29, 1.82) is 0 Å². The minimum Gasteiger partial charge on any atom is -0.394 e. The van der Waals surface area contributed by atoms with Crippen molar-refractivity contribution in [2.75, 3.05) is 44.4 Å². The molecular formula is C26H44N7O20P3S. The number of nitrogens with one attached hydrogen (secondary N) is 2. The van der Waals surface area contributed by atoms with E-state index in [9.17, 15) is 63.3 Å². The lowest BCUT2D eigenvalue weighted by Gasteiger charge is -2.30. The Labute approximate surface area is 326 Å². The molecule has 0 aromatic carbocycles. The summed E-state index contributed by atoms with van der Waals surface area (Å²) >= 11 is 1.10. The number of amides is 2. The van der Waals surface area contributed by atoms with Crippen molar-refractivity contribution in [1.82, 2.24) is 30.2 Å². The number of fused-ring (bicyclic) bond motifs is 1. The maximum absolute atomic E-state index is 12.7. The molecule has 13 N–H and O–H groups in total. The number of carbonyl (C=O) groups excluding carboxylic acids is 2. The van der Waals surface area contributed by atoms with E-state index in [2.05, 4.69) is 34.4 Å². The molecular weight excluding hydrogens is 855 g/mol. The van der Waals surface area contributed by atoms with E-state index in [4.69, 9.17) is 29.4 Å². The van der Waals surface area contributed by atoms with Crippen molar-refractivity contribution in [3.05, 3.63) is 12.7 Å². The Morgan fingerprint density at radius 2 is 1.67 bits per heavy atom. The van der Waals surface area contributed by atoms with E-state index in [0.717, 1.165) is 29.0 Å². The van der Waals surface area contributed by atoms with Crippen LogP contribution in [0.15, 0.2) is 12.7 Å².